The molecule has 1 amide bonds. The van der Waals surface area contributed by atoms with Crippen LogP contribution in [0.5, 0.6) is 11.5 Å². The summed E-state index contributed by atoms with van der Waals surface area (Å²) in [7, 11) is -2.17. The number of nitrogens with one attached hydrogen (secondary N) is 1. The summed E-state index contributed by atoms with van der Waals surface area (Å²) in [6.45, 7) is 0.503. The maximum absolute atomic E-state index is 12.8. The first-order valence-electron chi connectivity index (χ1n) is 8.50. The quantitative estimate of drug-likeness (QED) is 0.809. The number of para-hydroxylation sites is 2. The fourth-order valence-corrected chi connectivity index (χ4v) is 3.43. The van der Waals surface area contributed by atoms with Crippen molar-refractivity contribution < 1.29 is 22.7 Å². The predicted octanol–water partition coefficient (Wildman–Crippen LogP) is 1.58. The van der Waals surface area contributed by atoms with E-state index in [1.54, 1.807) is 30.3 Å². The van der Waals surface area contributed by atoms with Crippen molar-refractivity contribution in [3.8, 4) is 11.5 Å². The molecule has 27 heavy (non-hydrogen) atoms. The third-order valence-corrected chi connectivity index (χ3v) is 5.58. The van der Waals surface area contributed by atoms with Crippen molar-refractivity contribution in [2.75, 3.05) is 26.5 Å². The van der Waals surface area contributed by atoms with E-state index in [0.29, 0.717) is 23.7 Å². The number of carbonyl (C=O) groups is 1. The van der Waals surface area contributed by atoms with Crippen molar-refractivity contribution >= 4 is 15.9 Å². The minimum atomic E-state index is -3.56. The Balaban J connectivity index is 1.70. The number of nitrogens with zero attached hydrogens (tertiary/aromatic N) is 1. The summed E-state index contributed by atoms with van der Waals surface area (Å²) in [5.74, 6) is 0.867. The number of amides is 1. The molecular formula is C19H22N2O5S. The Labute approximate surface area is 158 Å². The third-order valence-electron chi connectivity index (χ3n) is 4.32. The highest BCUT2D eigenvalue weighted by atomic mass is 32.2. The number of benzene rings is 2. The van der Waals surface area contributed by atoms with E-state index in [9.17, 15) is 13.2 Å². The number of hydrogen-bond acceptors (Lipinski definition) is 5. The molecule has 0 saturated carbocycles. The number of sulfonamides is 1. The molecule has 1 aliphatic heterocycles. The van der Waals surface area contributed by atoms with Crippen LogP contribution in [0.1, 0.15) is 11.6 Å². The molecule has 0 unspecified atom stereocenters. The van der Waals surface area contributed by atoms with Gasteiger partial charge in [-0.15, -0.1) is 0 Å². The Morgan fingerprint density at radius 3 is 2.44 bits per heavy atom. The summed E-state index contributed by atoms with van der Waals surface area (Å²) in [5, 5.41) is 2.78. The van der Waals surface area contributed by atoms with E-state index in [4.69, 9.17) is 9.47 Å². The fourth-order valence-electron chi connectivity index (χ4n) is 2.83. The summed E-state index contributed by atoms with van der Waals surface area (Å²) in [5.41, 5.74) is 0.592. The molecule has 0 aromatic heterocycles. The van der Waals surface area contributed by atoms with Gasteiger partial charge in [-0.25, -0.2) is 8.42 Å². The van der Waals surface area contributed by atoms with Crippen LogP contribution in [0.4, 0.5) is 0 Å². The van der Waals surface area contributed by atoms with Crippen LogP contribution in [-0.2, 0) is 14.8 Å². The zero-order valence-corrected chi connectivity index (χ0v) is 16.0. The van der Waals surface area contributed by atoms with Crippen molar-refractivity contribution in [3.05, 3.63) is 60.2 Å². The first-order valence-corrected chi connectivity index (χ1v) is 10.4. The highest BCUT2D eigenvalue weighted by molar-refractivity contribution is 7.88. The monoisotopic (exact) mass is 390 g/mol. The minimum absolute atomic E-state index is 0.202. The van der Waals surface area contributed by atoms with Gasteiger partial charge < -0.3 is 14.8 Å². The summed E-state index contributed by atoms with van der Waals surface area (Å²) in [4.78, 5) is 12.8. The summed E-state index contributed by atoms with van der Waals surface area (Å²) < 4.78 is 36.5. The number of likely N-dealkylation sites (N-methyl/N-ethyl adjacent to an activating group) is 1. The number of rotatable bonds is 6. The van der Waals surface area contributed by atoms with E-state index in [-0.39, 0.29) is 12.6 Å². The Kier molecular flexibility index (Phi) is 5.67. The SMILES string of the molecule is CN([C@H](C(=O)NC[C@@H]1COc2ccccc2O1)c1ccccc1)S(C)(=O)=O. The zero-order chi connectivity index (χ0) is 19.4. The van der Waals surface area contributed by atoms with Gasteiger partial charge >= 0.3 is 0 Å². The fraction of sp³-hybridized carbons (Fsp3) is 0.316. The normalized spacial score (nSPS) is 17.4. The largest absolute Gasteiger partial charge is 0.486 e. The molecular weight excluding hydrogens is 368 g/mol. The van der Waals surface area contributed by atoms with Gasteiger partial charge in [-0.2, -0.15) is 4.31 Å². The molecule has 0 fully saturated rings. The molecule has 0 bridgehead atoms. The lowest BCUT2D eigenvalue weighted by atomic mass is 10.1. The van der Waals surface area contributed by atoms with Crippen LogP contribution in [0.3, 0.4) is 0 Å². The maximum atomic E-state index is 12.8. The van der Waals surface area contributed by atoms with Crippen LogP contribution in [0.2, 0.25) is 0 Å². The van der Waals surface area contributed by atoms with Crippen molar-refractivity contribution in [1.29, 1.82) is 0 Å². The molecule has 144 valence electrons. The predicted molar refractivity (Wildman–Crippen MR) is 101 cm³/mol. The Morgan fingerprint density at radius 2 is 1.78 bits per heavy atom. The maximum Gasteiger partial charge on any atom is 0.243 e. The molecule has 0 saturated heterocycles. The van der Waals surface area contributed by atoms with Gasteiger partial charge in [0.25, 0.3) is 0 Å². The molecule has 0 radical (unpaired) electrons. The van der Waals surface area contributed by atoms with Crippen LogP contribution < -0.4 is 14.8 Å². The van der Waals surface area contributed by atoms with Crippen molar-refractivity contribution in [1.82, 2.24) is 9.62 Å². The van der Waals surface area contributed by atoms with Gasteiger partial charge in [0, 0.05) is 7.05 Å². The summed E-state index contributed by atoms with van der Waals surface area (Å²) in [6.07, 6.45) is 0.717. The molecule has 2 aromatic rings. The molecule has 1 heterocycles. The number of carbonyl (C=O) groups excluding carboxylic acids is 1. The van der Waals surface area contributed by atoms with Crippen LogP contribution in [0.15, 0.2) is 54.6 Å². The van der Waals surface area contributed by atoms with Gasteiger partial charge in [0.05, 0.1) is 12.8 Å². The van der Waals surface area contributed by atoms with E-state index >= 15 is 0 Å². The Morgan fingerprint density at radius 1 is 1.15 bits per heavy atom. The first kappa shape index (κ1) is 19.2. The zero-order valence-electron chi connectivity index (χ0n) is 15.2. The van der Waals surface area contributed by atoms with E-state index < -0.39 is 22.0 Å². The molecule has 2 aromatic carbocycles. The lowest BCUT2D eigenvalue weighted by molar-refractivity contribution is -0.125. The number of fused-ring (bicyclic) bond motifs is 1. The molecule has 7 nitrogen and oxygen atoms in total. The van der Waals surface area contributed by atoms with Crippen molar-refractivity contribution in [2.24, 2.45) is 0 Å². The molecule has 0 spiro atoms. The van der Waals surface area contributed by atoms with E-state index in [1.165, 1.54) is 7.05 Å². The van der Waals surface area contributed by atoms with Gasteiger partial charge in [0.15, 0.2) is 11.5 Å². The molecule has 1 N–H and O–H groups in total. The highest BCUT2D eigenvalue weighted by Crippen LogP contribution is 2.30. The van der Waals surface area contributed by atoms with Crippen molar-refractivity contribution in [2.45, 2.75) is 12.1 Å². The van der Waals surface area contributed by atoms with Gasteiger partial charge in [0.1, 0.15) is 18.8 Å². The second-order valence-corrected chi connectivity index (χ2v) is 8.38. The first-order chi connectivity index (χ1) is 12.9. The average Bonchev–Trinajstić information content (AvgIpc) is 2.66. The van der Waals surface area contributed by atoms with Crippen LogP contribution in [0.25, 0.3) is 0 Å². The summed E-state index contributed by atoms with van der Waals surface area (Å²) >= 11 is 0. The lowest BCUT2D eigenvalue weighted by Crippen LogP contribution is -2.46. The van der Waals surface area contributed by atoms with Gasteiger partial charge in [-0.1, -0.05) is 42.5 Å². The van der Waals surface area contributed by atoms with Crippen LogP contribution >= 0.6 is 0 Å². The Bertz CT molecular complexity index is 901. The van der Waals surface area contributed by atoms with E-state index in [1.807, 2.05) is 24.3 Å². The second kappa shape index (κ2) is 7.98. The lowest BCUT2D eigenvalue weighted by Gasteiger charge is -2.29. The molecule has 2 atom stereocenters. The third kappa shape index (κ3) is 4.58. The van der Waals surface area contributed by atoms with E-state index in [0.717, 1.165) is 10.6 Å². The van der Waals surface area contributed by atoms with Crippen LogP contribution in [-0.4, -0.2) is 51.2 Å². The van der Waals surface area contributed by atoms with Gasteiger partial charge in [0.2, 0.25) is 15.9 Å². The smallest absolute Gasteiger partial charge is 0.243 e. The summed E-state index contributed by atoms with van der Waals surface area (Å²) in [6, 6.07) is 15.1. The number of hydrogen-bond donors (Lipinski definition) is 1. The topological polar surface area (TPSA) is 84.9 Å². The molecule has 8 heteroatoms. The van der Waals surface area contributed by atoms with Gasteiger partial charge in [-0.3, -0.25) is 4.79 Å². The molecule has 1 aliphatic rings. The number of ether oxygens (including phenoxy) is 2. The molecule has 0 aliphatic carbocycles. The average molecular weight is 390 g/mol. The Hall–Kier alpha value is -2.58. The standard InChI is InChI=1S/C19H22N2O5S/c1-21(27(2,23)24)18(14-8-4-3-5-9-14)19(22)20-12-15-13-25-16-10-6-7-11-17(16)26-15/h3-11,15,18H,12-13H2,1-2H3,(H,20,22)/t15-,18+/m1/s1. The highest BCUT2D eigenvalue weighted by Gasteiger charge is 2.31. The van der Waals surface area contributed by atoms with Gasteiger partial charge in [-0.05, 0) is 17.7 Å². The van der Waals surface area contributed by atoms with E-state index in [2.05, 4.69) is 5.32 Å². The molecule has 3 rings (SSSR count). The van der Waals surface area contributed by atoms with Crippen LogP contribution in [0, 0.1) is 0 Å². The second-order valence-electron chi connectivity index (χ2n) is 6.34. The minimum Gasteiger partial charge on any atom is -0.486 e. The van der Waals surface area contributed by atoms with Crippen molar-refractivity contribution in [3.63, 3.8) is 0 Å².